The van der Waals surface area contributed by atoms with E-state index in [0.717, 1.165) is 5.69 Å². The number of aliphatic hydroxyl groups is 1. The second kappa shape index (κ2) is 6.96. The molecule has 2 aromatic rings. The molecule has 1 N–H and O–H groups in total. The number of methoxy groups -OCH3 is 1. The monoisotopic (exact) mass is 295 g/mol. The van der Waals surface area contributed by atoms with Gasteiger partial charge in [-0.3, -0.25) is 4.98 Å². The van der Waals surface area contributed by atoms with E-state index in [2.05, 4.69) is 25.2 Å². The molecule has 2 rings (SSSR count). The fraction of sp³-hybridized carbons (Fsp3) is 0.364. The summed E-state index contributed by atoms with van der Waals surface area (Å²) in [6, 6.07) is 3.41. The predicted molar refractivity (Wildman–Crippen MR) is 70.0 cm³/mol. The van der Waals surface area contributed by atoms with E-state index in [-0.39, 0.29) is 6.61 Å². The molecular weight excluding hydrogens is 282 g/mol. The summed E-state index contributed by atoms with van der Waals surface area (Å²) >= 11 is 1.40. The Morgan fingerprint density at radius 2 is 2.35 bits per heavy atom. The number of pyridine rings is 1. The highest BCUT2D eigenvalue weighted by Crippen LogP contribution is 2.18. The molecule has 0 atom stereocenters. The van der Waals surface area contributed by atoms with Crippen LogP contribution in [0.5, 0.6) is 0 Å². The van der Waals surface area contributed by atoms with E-state index in [9.17, 15) is 4.79 Å². The fourth-order valence-electron chi connectivity index (χ4n) is 1.42. The Morgan fingerprint density at radius 1 is 1.50 bits per heavy atom. The molecule has 0 bridgehead atoms. The van der Waals surface area contributed by atoms with Crippen molar-refractivity contribution in [3.05, 3.63) is 29.6 Å². The highest BCUT2D eigenvalue weighted by Gasteiger charge is 2.09. The maximum atomic E-state index is 11.3. The number of nitrogens with zero attached hydrogens (tertiary/aromatic N) is 5. The molecule has 0 aliphatic heterocycles. The zero-order valence-electron chi connectivity index (χ0n) is 10.8. The summed E-state index contributed by atoms with van der Waals surface area (Å²) < 4.78 is 6.12. The number of esters is 1. The van der Waals surface area contributed by atoms with Gasteiger partial charge in [-0.05, 0) is 22.6 Å². The fourth-order valence-corrected chi connectivity index (χ4v) is 2.24. The van der Waals surface area contributed by atoms with Crippen LogP contribution in [0.25, 0.3) is 0 Å². The van der Waals surface area contributed by atoms with Crippen LogP contribution in [0.2, 0.25) is 0 Å². The van der Waals surface area contributed by atoms with Gasteiger partial charge in [-0.15, -0.1) is 5.10 Å². The smallest absolute Gasteiger partial charge is 0.339 e. The molecule has 2 heterocycles. The first kappa shape index (κ1) is 14.4. The molecule has 0 spiro atoms. The van der Waals surface area contributed by atoms with E-state index in [1.165, 1.54) is 29.8 Å². The lowest BCUT2D eigenvalue weighted by Crippen LogP contribution is -2.06. The van der Waals surface area contributed by atoms with Crippen molar-refractivity contribution in [1.82, 2.24) is 25.2 Å². The Balaban J connectivity index is 1.97. The molecule has 0 aliphatic rings. The van der Waals surface area contributed by atoms with E-state index >= 15 is 0 Å². The van der Waals surface area contributed by atoms with E-state index < -0.39 is 5.97 Å². The first-order valence-corrected chi connectivity index (χ1v) is 6.76. The van der Waals surface area contributed by atoms with Gasteiger partial charge in [-0.25, -0.2) is 9.48 Å². The van der Waals surface area contributed by atoms with Crippen molar-refractivity contribution in [2.24, 2.45) is 0 Å². The van der Waals surface area contributed by atoms with Gasteiger partial charge in [0, 0.05) is 11.9 Å². The van der Waals surface area contributed by atoms with Crippen molar-refractivity contribution in [2.45, 2.75) is 17.5 Å². The van der Waals surface area contributed by atoms with Crippen LogP contribution in [0, 0.1) is 0 Å². The number of hydrogen-bond donors (Lipinski definition) is 1. The summed E-state index contributed by atoms with van der Waals surface area (Å²) in [5.41, 5.74) is 1.20. The lowest BCUT2D eigenvalue weighted by molar-refractivity contribution is 0.0600. The molecule has 0 aromatic carbocycles. The van der Waals surface area contributed by atoms with Crippen LogP contribution >= 0.6 is 11.8 Å². The second-order valence-corrected chi connectivity index (χ2v) is 4.67. The average molecular weight is 295 g/mol. The Hall–Kier alpha value is -2.00. The van der Waals surface area contributed by atoms with Crippen molar-refractivity contribution in [3.63, 3.8) is 0 Å². The highest BCUT2D eigenvalue weighted by atomic mass is 32.2. The number of ether oxygens (including phenoxy) is 1. The van der Waals surface area contributed by atoms with Gasteiger partial charge in [-0.1, -0.05) is 11.8 Å². The molecule has 0 fully saturated rings. The maximum absolute atomic E-state index is 11.3. The van der Waals surface area contributed by atoms with Gasteiger partial charge in [0.2, 0.25) is 5.16 Å². The quantitative estimate of drug-likeness (QED) is 0.593. The van der Waals surface area contributed by atoms with Gasteiger partial charge >= 0.3 is 5.97 Å². The topological polar surface area (TPSA) is 103 Å². The molecule has 0 unspecified atom stereocenters. The number of hydrogen-bond acceptors (Lipinski definition) is 8. The molecular formula is C11H13N5O3S. The second-order valence-electron chi connectivity index (χ2n) is 3.73. The lowest BCUT2D eigenvalue weighted by atomic mass is 10.2. The minimum absolute atomic E-state index is 0.0231. The van der Waals surface area contributed by atoms with Crippen molar-refractivity contribution in [3.8, 4) is 0 Å². The standard InChI is InChI=1S/C11H13N5O3S/c1-19-10(18)8-2-3-9(12-6-8)7-20-11-13-14-15-16(11)4-5-17/h2-3,6,17H,4-5,7H2,1H3. The number of carbonyl (C=O) groups excluding carboxylic acids is 1. The number of aliphatic hydroxyl groups excluding tert-OH is 1. The van der Waals surface area contributed by atoms with Crippen LogP contribution in [0.4, 0.5) is 0 Å². The third-order valence-corrected chi connectivity index (χ3v) is 3.40. The molecule has 2 aromatic heterocycles. The maximum Gasteiger partial charge on any atom is 0.339 e. The van der Waals surface area contributed by atoms with Crippen LogP contribution in [-0.4, -0.2) is 50.0 Å². The molecule has 106 valence electrons. The summed E-state index contributed by atoms with van der Waals surface area (Å²) in [6.45, 7) is 0.328. The van der Waals surface area contributed by atoms with Crippen molar-refractivity contribution in [1.29, 1.82) is 0 Å². The molecule has 8 nitrogen and oxygen atoms in total. The van der Waals surface area contributed by atoms with Crippen LogP contribution in [0.15, 0.2) is 23.5 Å². The minimum atomic E-state index is -0.413. The summed E-state index contributed by atoms with van der Waals surface area (Å²) in [5, 5.41) is 20.7. The third kappa shape index (κ3) is 3.52. The Labute approximate surface area is 119 Å². The van der Waals surface area contributed by atoms with Crippen LogP contribution < -0.4 is 0 Å². The number of rotatable bonds is 6. The van der Waals surface area contributed by atoms with Gasteiger partial charge in [0.1, 0.15) is 0 Å². The molecule has 0 saturated heterocycles. The van der Waals surface area contributed by atoms with E-state index in [1.807, 2.05) is 0 Å². The Bertz CT molecular complexity index is 572. The number of carbonyl (C=O) groups is 1. The minimum Gasteiger partial charge on any atom is -0.465 e. The average Bonchev–Trinajstić information content (AvgIpc) is 2.92. The predicted octanol–water partition coefficient (Wildman–Crippen LogP) is 0.139. The van der Waals surface area contributed by atoms with Gasteiger partial charge in [-0.2, -0.15) is 0 Å². The van der Waals surface area contributed by atoms with Gasteiger partial charge in [0.15, 0.2) is 0 Å². The van der Waals surface area contributed by atoms with Crippen molar-refractivity contribution >= 4 is 17.7 Å². The highest BCUT2D eigenvalue weighted by molar-refractivity contribution is 7.98. The van der Waals surface area contributed by atoms with Gasteiger partial charge in [0.05, 0.1) is 31.5 Å². The number of aromatic nitrogens is 5. The van der Waals surface area contributed by atoms with E-state index in [0.29, 0.717) is 23.0 Å². The number of thioether (sulfide) groups is 1. The van der Waals surface area contributed by atoms with Gasteiger partial charge in [0.25, 0.3) is 0 Å². The summed E-state index contributed by atoms with van der Waals surface area (Å²) in [6.07, 6.45) is 1.47. The summed E-state index contributed by atoms with van der Waals surface area (Å²) in [4.78, 5) is 15.4. The summed E-state index contributed by atoms with van der Waals surface area (Å²) in [5.74, 6) is 0.149. The third-order valence-electron chi connectivity index (χ3n) is 2.41. The Morgan fingerprint density at radius 3 is 3.00 bits per heavy atom. The normalized spacial score (nSPS) is 10.5. The zero-order chi connectivity index (χ0) is 14.4. The van der Waals surface area contributed by atoms with Gasteiger partial charge < -0.3 is 9.84 Å². The summed E-state index contributed by atoms with van der Waals surface area (Å²) in [7, 11) is 1.33. The molecule has 9 heteroatoms. The van der Waals surface area contributed by atoms with Crippen LogP contribution in [0.1, 0.15) is 16.1 Å². The SMILES string of the molecule is COC(=O)c1ccc(CSc2nnnn2CCO)nc1. The number of tetrazole rings is 1. The molecule has 20 heavy (non-hydrogen) atoms. The molecule has 0 saturated carbocycles. The van der Waals surface area contributed by atoms with Crippen LogP contribution in [0.3, 0.4) is 0 Å². The van der Waals surface area contributed by atoms with Crippen molar-refractivity contribution < 1.29 is 14.6 Å². The molecule has 0 radical (unpaired) electrons. The molecule has 0 amide bonds. The largest absolute Gasteiger partial charge is 0.465 e. The lowest BCUT2D eigenvalue weighted by Gasteiger charge is -2.03. The molecule has 0 aliphatic carbocycles. The van der Waals surface area contributed by atoms with E-state index in [1.54, 1.807) is 12.1 Å². The first-order valence-electron chi connectivity index (χ1n) is 5.77. The zero-order valence-corrected chi connectivity index (χ0v) is 11.6. The van der Waals surface area contributed by atoms with Crippen LogP contribution in [-0.2, 0) is 17.0 Å². The van der Waals surface area contributed by atoms with E-state index in [4.69, 9.17) is 5.11 Å². The first-order chi connectivity index (χ1) is 9.74. The van der Waals surface area contributed by atoms with Crippen molar-refractivity contribution in [2.75, 3.05) is 13.7 Å². The Kier molecular flexibility index (Phi) is 5.02.